The highest BCUT2D eigenvalue weighted by Gasteiger charge is 2.26. The van der Waals surface area contributed by atoms with Gasteiger partial charge in [0.05, 0.1) is 32.6 Å². The van der Waals surface area contributed by atoms with Gasteiger partial charge in [-0.25, -0.2) is 15.0 Å². The van der Waals surface area contributed by atoms with E-state index >= 15 is 0 Å². The lowest BCUT2D eigenvalue weighted by Gasteiger charge is -2.11. The highest BCUT2D eigenvalue weighted by atomic mass is 16.5. The highest BCUT2D eigenvalue weighted by Crippen LogP contribution is 2.30. The molecule has 0 saturated heterocycles. The molecule has 0 amide bonds. The lowest BCUT2D eigenvalue weighted by Crippen LogP contribution is -2.11. The fourth-order valence-electron chi connectivity index (χ4n) is 3.46. The molecule has 3 aromatic rings. The number of hydrogen-bond acceptors (Lipinski definition) is 6. The van der Waals surface area contributed by atoms with Crippen molar-refractivity contribution in [1.82, 2.24) is 0 Å². The molecule has 0 radical (unpaired) electrons. The van der Waals surface area contributed by atoms with Crippen molar-refractivity contribution in [1.29, 1.82) is 0 Å². The van der Waals surface area contributed by atoms with Crippen molar-refractivity contribution in [3.8, 4) is 17.2 Å². The Morgan fingerprint density at radius 2 is 1.53 bits per heavy atom. The number of amidine groups is 2. The van der Waals surface area contributed by atoms with E-state index in [-0.39, 0.29) is 0 Å². The molecule has 0 atom stereocenters. The van der Waals surface area contributed by atoms with Crippen LogP contribution in [-0.4, -0.2) is 38.7 Å². The fraction of sp³-hybridized carbons (Fsp3) is 0.160. The Balaban J connectivity index is 1.92. The average Bonchev–Trinajstić information content (AvgIpc) is 3.23. The molecule has 0 unspecified atom stereocenters. The molecule has 162 valence electrons. The van der Waals surface area contributed by atoms with Crippen LogP contribution in [0.3, 0.4) is 0 Å². The number of nitrogens with zero attached hydrogens (tertiary/aromatic N) is 3. The van der Waals surface area contributed by atoms with E-state index in [1.807, 2.05) is 67.6 Å². The average molecular weight is 428 g/mol. The first kappa shape index (κ1) is 21.1. The number of benzene rings is 3. The molecular formula is C25H24N4O3. The first-order valence-corrected chi connectivity index (χ1v) is 10.0. The third-order valence-corrected chi connectivity index (χ3v) is 5.10. The normalized spacial score (nSPS) is 14.2. The summed E-state index contributed by atoms with van der Waals surface area (Å²) in [5, 5.41) is 0. The molecule has 7 heteroatoms. The molecule has 0 spiro atoms. The fourth-order valence-corrected chi connectivity index (χ4v) is 3.46. The minimum absolute atomic E-state index is 0.463. The van der Waals surface area contributed by atoms with Gasteiger partial charge in [-0.15, -0.1) is 0 Å². The SMILES string of the molecule is COc1ccc(OC)c(C2=NC(c3ccccc3OC)=N/C2=N\c2ccc(N)cc2C)c1. The second-order valence-corrected chi connectivity index (χ2v) is 7.14. The lowest BCUT2D eigenvalue weighted by molar-refractivity contribution is 0.402. The lowest BCUT2D eigenvalue weighted by atomic mass is 10.1. The van der Waals surface area contributed by atoms with E-state index in [1.54, 1.807) is 21.3 Å². The molecule has 0 aliphatic carbocycles. The van der Waals surface area contributed by atoms with E-state index in [2.05, 4.69) is 0 Å². The van der Waals surface area contributed by atoms with Crippen molar-refractivity contribution >= 4 is 28.8 Å². The van der Waals surface area contributed by atoms with Crippen molar-refractivity contribution in [2.75, 3.05) is 27.1 Å². The van der Waals surface area contributed by atoms with Gasteiger partial charge in [0.1, 0.15) is 23.0 Å². The Bertz CT molecular complexity index is 1260. The summed E-state index contributed by atoms with van der Waals surface area (Å²) in [6.07, 6.45) is 0. The molecule has 32 heavy (non-hydrogen) atoms. The highest BCUT2D eigenvalue weighted by molar-refractivity contribution is 6.54. The van der Waals surface area contributed by atoms with Gasteiger partial charge >= 0.3 is 0 Å². The minimum Gasteiger partial charge on any atom is -0.497 e. The van der Waals surface area contributed by atoms with Gasteiger partial charge in [-0.2, -0.15) is 0 Å². The second kappa shape index (κ2) is 8.93. The molecule has 1 heterocycles. The Morgan fingerprint density at radius 1 is 0.781 bits per heavy atom. The van der Waals surface area contributed by atoms with E-state index < -0.39 is 0 Å². The van der Waals surface area contributed by atoms with Crippen molar-refractivity contribution in [3.63, 3.8) is 0 Å². The van der Waals surface area contributed by atoms with Crippen molar-refractivity contribution in [2.24, 2.45) is 15.0 Å². The largest absolute Gasteiger partial charge is 0.497 e. The van der Waals surface area contributed by atoms with Gasteiger partial charge < -0.3 is 19.9 Å². The molecule has 7 nitrogen and oxygen atoms in total. The predicted octanol–water partition coefficient (Wildman–Crippen LogP) is 4.58. The maximum absolute atomic E-state index is 5.91. The van der Waals surface area contributed by atoms with Crippen LogP contribution in [0.5, 0.6) is 17.2 Å². The standard InChI is InChI=1S/C25H24N4O3/c1-15-13-16(26)9-11-20(15)27-25-23(19-14-17(30-2)10-12-22(19)32-4)28-24(29-25)18-7-5-6-8-21(18)31-3/h5-14H,26H2,1-4H3/b27-25-. The first-order valence-electron chi connectivity index (χ1n) is 10.0. The van der Waals surface area contributed by atoms with E-state index in [1.165, 1.54) is 0 Å². The molecule has 0 fully saturated rings. The van der Waals surface area contributed by atoms with Crippen LogP contribution >= 0.6 is 0 Å². The molecular weight excluding hydrogens is 404 g/mol. The zero-order chi connectivity index (χ0) is 22.7. The van der Waals surface area contributed by atoms with Crippen LogP contribution in [0, 0.1) is 6.92 Å². The summed E-state index contributed by atoms with van der Waals surface area (Å²) in [5.41, 5.74) is 10.4. The number of rotatable bonds is 6. The number of hydrogen-bond donors (Lipinski definition) is 1. The molecule has 3 aromatic carbocycles. The predicted molar refractivity (Wildman–Crippen MR) is 128 cm³/mol. The summed E-state index contributed by atoms with van der Waals surface area (Å²) in [5.74, 6) is 2.97. The van der Waals surface area contributed by atoms with Crippen LogP contribution in [0.1, 0.15) is 16.7 Å². The number of ether oxygens (including phenoxy) is 3. The third kappa shape index (κ3) is 4.05. The Morgan fingerprint density at radius 3 is 2.25 bits per heavy atom. The number of aryl methyl sites for hydroxylation is 1. The molecule has 2 N–H and O–H groups in total. The number of aliphatic imine (C=N–C) groups is 3. The maximum atomic E-state index is 5.91. The first-order chi connectivity index (χ1) is 15.5. The number of methoxy groups -OCH3 is 3. The third-order valence-electron chi connectivity index (χ3n) is 5.10. The van der Waals surface area contributed by atoms with Gasteiger partial charge in [-0.05, 0) is 61.0 Å². The van der Waals surface area contributed by atoms with Crippen LogP contribution in [0.2, 0.25) is 0 Å². The zero-order valence-corrected chi connectivity index (χ0v) is 18.4. The summed E-state index contributed by atoms with van der Waals surface area (Å²) >= 11 is 0. The molecule has 0 aromatic heterocycles. The van der Waals surface area contributed by atoms with Gasteiger partial charge in [0, 0.05) is 11.3 Å². The molecule has 4 rings (SSSR count). The Labute approximate surface area is 186 Å². The number of nitrogens with two attached hydrogens (primary N) is 1. The second-order valence-electron chi connectivity index (χ2n) is 7.14. The maximum Gasteiger partial charge on any atom is 0.181 e. The number of nitrogen functional groups attached to an aromatic ring is 1. The smallest absolute Gasteiger partial charge is 0.181 e. The van der Waals surface area contributed by atoms with E-state index in [0.717, 1.165) is 22.4 Å². The molecule has 0 saturated carbocycles. The van der Waals surface area contributed by atoms with Crippen LogP contribution < -0.4 is 19.9 Å². The summed E-state index contributed by atoms with van der Waals surface area (Å²) in [4.78, 5) is 14.4. The van der Waals surface area contributed by atoms with Crippen LogP contribution in [0.15, 0.2) is 75.6 Å². The summed E-state index contributed by atoms with van der Waals surface area (Å²) in [6, 6.07) is 18.7. The van der Waals surface area contributed by atoms with Gasteiger partial charge in [0.2, 0.25) is 0 Å². The summed E-state index contributed by atoms with van der Waals surface area (Å²) in [7, 11) is 4.85. The molecule has 1 aliphatic rings. The zero-order valence-electron chi connectivity index (χ0n) is 18.4. The van der Waals surface area contributed by atoms with Gasteiger partial charge in [-0.1, -0.05) is 12.1 Å². The van der Waals surface area contributed by atoms with E-state index in [4.69, 9.17) is 34.9 Å². The van der Waals surface area contributed by atoms with Crippen LogP contribution in [0.4, 0.5) is 11.4 Å². The van der Waals surface area contributed by atoms with Crippen molar-refractivity contribution in [3.05, 3.63) is 77.4 Å². The summed E-state index contributed by atoms with van der Waals surface area (Å²) in [6.45, 7) is 1.96. The van der Waals surface area contributed by atoms with Crippen LogP contribution in [0.25, 0.3) is 0 Å². The Kier molecular flexibility index (Phi) is 5.89. The van der Waals surface area contributed by atoms with Gasteiger partial charge in [0.15, 0.2) is 11.7 Å². The summed E-state index contributed by atoms with van der Waals surface area (Å²) < 4.78 is 16.5. The van der Waals surface area contributed by atoms with E-state index in [9.17, 15) is 0 Å². The minimum atomic E-state index is 0.463. The number of para-hydroxylation sites is 1. The van der Waals surface area contributed by atoms with Crippen LogP contribution in [-0.2, 0) is 0 Å². The van der Waals surface area contributed by atoms with Crippen molar-refractivity contribution in [2.45, 2.75) is 6.92 Å². The molecule has 0 bridgehead atoms. The van der Waals surface area contributed by atoms with Gasteiger partial charge in [-0.3, -0.25) is 0 Å². The molecule has 1 aliphatic heterocycles. The monoisotopic (exact) mass is 428 g/mol. The van der Waals surface area contributed by atoms with Gasteiger partial charge in [0.25, 0.3) is 0 Å². The quantitative estimate of drug-likeness (QED) is 0.582. The van der Waals surface area contributed by atoms with Crippen molar-refractivity contribution < 1.29 is 14.2 Å². The topological polar surface area (TPSA) is 90.8 Å². The number of anilines is 1. The van der Waals surface area contributed by atoms with E-state index in [0.29, 0.717) is 40.3 Å². The Hall–Kier alpha value is -4.13.